The van der Waals surface area contributed by atoms with E-state index in [1.54, 1.807) is 11.9 Å². The van der Waals surface area contributed by atoms with Crippen LogP contribution in [0.3, 0.4) is 0 Å². The molecule has 5 rings (SSSR count). The second-order valence-electron chi connectivity index (χ2n) is 10.9. The van der Waals surface area contributed by atoms with Crippen LogP contribution in [-0.2, 0) is 20.8 Å². The Hall–Kier alpha value is -3.65. The maximum atomic E-state index is 13.9. The smallest absolute Gasteiger partial charge is 0.246 e. The quantitative estimate of drug-likeness (QED) is 0.358. The number of para-hydroxylation sites is 1. The largest absolute Gasteiger partial charge is 0.361 e. The Bertz CT molecular complexity index is 1310. The zero-order valence-electron chi connectivity index (χ0n) is 22.8. The Morgan fingerprint density at radius 2 is 1.74 bits per heavy atom. The molecule has 0 aliphatic carbocycles. The van der Waals surface area contributed by atoms with E-state index >= 15 is 0 Å². The molecule has 4 N–H and O–H groups in total. The number of benzene rings is 2. The SMILES string of the molecule is CN[C@@H](Cc1c[nH]c2ccccc12)C(=O)N[C@H]1CCCC[C@H]2CC[C@@H](C(=O)N[C@H](C)c3ccccc3)N2C1=O. The predicted octanol–water partition coefficient (Wildman–Crippen LogP) is 3.59. The van der Waals surface area contributed by atoms with Crippen molar-refractivity contribution in [3.8, 4) is 0 Å². The average molecular weight is 530 g/mol. The molecule has 5 atom stereocenters. The van der Waals surface area contributed by atoms with Crippen molar-refractivity contribution in [2.75, 3.05) is 7.05 Å². The van der Waals surface area contributed by atoms with Crippen LogP contribution in [0.2, 0.25) is 0 Å². The number of rotatable bonds is 8. The van der Waals surface area contributed by atoms with E-state index in [-0.39, 0.29) is 29.8 Å². The van der Waals surface area contributed by atoms with E-state index < -0.39 is 18.1 Å². The molecule has 8 nitrogen and oxygen atoms in total. The standard InChI is InChI=1S/C31H39N5O3/c1-20(21-10-4-3-5-11-21)34-30(38)28-17-16-23-12-6-8-15-26(31(39)36(23)28)35-29(37)27(32-2)18-22-19-33-25-14-9-7-13-24(22)25/h3-5,7,9-11,13-14,19-20,23,26-28,32-33H,6,8,12,15-18H2,1-2H3,(H,34,38)(H,35,37)/t20-,23+,26+,27+,28+/m1/s1. The first-order valence-corrected chi connectivity index (χ1v) is 14.2. The highest BCUT2D eigenvalue weighted by Gasteiger charge is 2.44. The maximum absolute atomic E-state index is 13.9. The van der Waals surface area contributed by atoms with Crippen LogP contribution in [-0.4, -0.2) is 58.8 Å². The van der Waals surface area contributed by atoms with Crippen molar-refractivity contribution in [1.82, 2.24) is 25.8 Å². The molecule has 2 fully saturated rings. The number of nitrogens with one attached hydrogen (secondary N) is 4. The summed E-state index contributed by atoms with van der Waals surface area (Å²) < 4.78 is 0. The van der Waals surface area contributed by atoms with Crippen LogP contribution in [0.4, 0.5) is 0 Å². The van der Waals surface area contributed by atoms with E-state index in [0.29, 0.717) is 19.3 Å². The van der Waals surface area contributed by atoms with Crippen LogP contribution in [0, 0.1) is 0 Å². The number of carbonyl (C=O) groups excluding carboxylic acids is 3. The Kier molecular flexibility index (Phi) is 8.31. The molecule has 8 heteroatoms. The Morgan fingerprint density at radius 3 is 2.54 bits per heavy atom. The molecule has 2 aromatic carbocycles. The minimum atomic E-state index is -0.640. The lowest BCUT2D eigenvalue weighted by molar-refractivity contribution is -0.144. The summed E-state index contributed by atoms with van der Waals surface area (Å²) in [5.41, 5.74) is 3.11. The second kappa shape index (κ2) is 12.0. The van der Waals surface area contributed by atoms with Gasteiger partial charge in [-0.3, -0.25) is 14.4 Å². The number of H-pyrrole nitrogens is 1. The first-order chi connectivity index (χ1) is 19.0. The van der Waals surface area contributed by atoms with Crippen LogP contribution in [0.15, 0.2) is 60.8 Å². The fourth-order valence-corrected chi connectivity index (χ4v) is 6.18. The summed E-state index contributed by atoms with van der Waals surface area (Å²) in [6, 6.07) is 16.1. The van der Waals surface area contributed by atoms with Gasteiger partial charge in [0.05, 0.1) is 12.1 Å². The van der Waals surface area contributed by atoms with Crippen LogP contribution in [0.25, 0.3) is 10.9 Å². The molecule has 0 bridgehead atoms. The van der Waals surface area contributed by atoms with Crippen molar-refractivity contribution in [1.29, 1.82) is 0 Å². The summed E-state index contributed by atoms with van der Waals surface area (Å²) in [6.45, 7) is 1.96. The van der Waals surface area contributed by atoms with Crippen molar-refractivity contribution in [2.45, 2.75) is 82.1 Å². The predicted molar refractivity (Wildman–Crippen MR) is 152 cm³/mol. The highest BCUT2D eigenvalue weighted by molar-refractivity contribution is 5.94. The van der Waals surface area contributed by atoms with Gasteiger partial charge in [-0.15, -0.1) is 0 Å². The maximum Gasteiger partial charge on any atom is 0.246 e. The van der Waals surface area contributed by atoms with Gasteiger partial charge < -0.3 is 25.8 Å². The summed E-state index contributed by atoms with van der Waals surface area (Å²) in [5.74, 6) is -0.462. The number of hydrogen-bond acceptors (Lipinski definition) is 4. The third kappa shape index (κ3) is 5.86. The molecule has 3 aromatic rings. The van der Waals surface area contributed by atoms with Gasteiger partial charge in [0.25, 0.3) is 0 Å². The fourth-order valence-electron chi connectivity index (χ4n) is 6.18. The summed E-state index contributed by atoms with van der Waals surface area (Å²) in [4.78, 5) is 45.8. The van der Waals surface area contributed by atoms with Gasteiger partial charge in [0.15, 0.2) is 0 Å². The van der Waals surface area contributed by atoms with Crippen molar-refractivity contribution in [2.24, 2.45) is 0 Å². The third-order valence-electron chi connectivity index (χ3n) is 8.38. The van der Waals surface area contributed by atoms with Gasteiger partial charge in [-0.1, -0.05) is 61.4 Å². The molecule has 206 valence electrons. The Labute approximate surface area is 229 Å². The number of amides is 3. The molecular weight excluding hydrogens is 490 g/mol. The summed E-state index contributed by atoms with van der Waals surface area (Å²) in [6.07, 6.45) is 7.21. The molecule has 2 aliphatic rings. The van der Waals surface area contributed by atoms with Crippen molar-refractivity contribution >= 4 is 28.6 Å². The van der Waals surface area contributed by atoms with E-state index in [1.165, 1.54) is 0 Å². The Morgan fingerprint density at radius 1 is 1.00 bits per heavy atom. The first kappa shape index (κ1) is 26.9. The summed E-state index contributed by atoms with van der Waals surface area (Å²) in [7, 11) is 1.77. The summed E-state index contributed by atoms with van der Waals surface area (Å²) in [5, 5.41) is 10.4. The second-order valence-corrected chi connectivity index (χ2v) is 10.9. The van der Waals surface area contributed by atoms with E-state index in [4.69, 9.17) is 0 Å². The molecule has 2 saturated heterocycles. The molecule has 0 spiro atoms. The van der Waals surface area contributed by atoms with Gasteiger partial charge in [0.2, 0.25) is 17.7 Å². The number of hydrogen-bond donors (Lipinski definition) is 4. The lowest BCUT2D eigenvalue weighted by Crippen LogP contribution is -2.58. The minimum Gasteiger partial charge on any atom is -0.361 e. The topological polar surface area (TPSA) is 106 Å². The van der Waals surface area contributed by atoms with Crippen molar-refractivity contribution < 1.29 is 14.4 Å². The van der Waals surface area contributed by atoms with E-state index in [2.05, 4.69) is 20.9 Å². The van der Waals surface area contributed by atoms with Gasteiger partial charge in [-0.05, 0) is 63.3 Å². The van der Waals surface area contributed by atoms with Crippen LogP contribution in [0.1, 0.15) is 62.6 Å². The number of fused-ring (bicyclic) bond motifs is 2. The fraction of sp³-hybridized carbons (Fsp3) is 0.452. The lowest BCUT2D eigenvalue weighted by Gasteiger charge is -2.36. The zero-order valence-corrected chi connectivity index (χ0v) is 22.8. The first-order valence-electron chi connectivity index (χ1n) is 14.2. The van der Waals surface area contributed by atoms with Gasteiger partial charge in [-0.25, -0.2) is 0 Å². The van der Waals surface area contributed by atoms with Gasteiger partial charge >= 0.3 is 0 Å². The minimum absolute atomic E-state index is 0.0336. The third-order valence-corrected chi connectivity index (χ3v) is 8.38. The molecule has 2 aliphatic heterocycles. The van der Waals surface area contributed by atoms with E-state index in [0.717, 1.165) is 47.7 Å². The molecule has 1 aromatic heterocycles. The average Bonchev–Trinajstić information content (AvgIpc) is 3.56. The number of carbonyl (C=O) groups is 3. The molecule has 3 heterocycles. The van der Waals surface area contributed by atoms with E-state index in [9.17, 15) is 14.4 Å². The monoisotopic (exact) mass is 529 g/mol. The number of likely N-dealkylation sites (N-methyl/N-ethyl adjacent to an activating group) is 1. The highest BCUT2D eigenvalue weighted by Crippen LogP contribution is 2.32. The molecule has 39 heavy (non-hydrogen) atoms. The highest BCUT2D eigenvalue weighted by atomic mass is 16.2. The molecule has 0 saturated carbocycles. The zero-order chi connectivity index (χ0) is 27.4. The van der Waals surface area contributed by atoms with Crippen molar-refractivity contribution in [3.63, 3.8) is 0 Å². The Balaban J connectivity index is 1.28. The van der Waals surface area contributed by atoms with Gasteiger partial charge in [-0.2, -0.15) is 0 Å². The molecule has 0 radical (unpaired) electrons. The van der Waals surface area contributed by atoms with Crippen LogP contribution >= 0.6 is 0 Å². The lowest BCUT2D eigenvalue weighted by atomic mass is 9.98. The van der Waals surface area contributed by atoms with Gasteiger partial charge in [0, 0.05) is 23.1 Å². The van der Waals surface area contributed by atoms with E-state index in [1.807, 2.05) is 67.7 Å². The normalized spacial score (nSPS) is 23.0. The molecule has 3 amide bonds. The summed E-state index contributed by atoms with van der Waals surface area (Å²) >= 11 is 0. The molecule has 0 unspecified atom stereocenters. The number of aromatic nitrogens is 1. The molecular formula is C31H39N5O3. The van der Waals surface area contributed by atoms with Gasteiger partial charge in [0.1, 0.15) is 12.1 Å². The number of aromatic amines is 1. The van der Waals surface area contributed by atoms with Crippen LogP contribution in [0.5, 0.6) is 0 Å². The van der Waals surface area contributed by atoms with Crippen LogP contribution < -0.4 is 16.0 Å². The van der Waals surface area contributed by atoms with Crippen molar-refractivity contribution in [3.05, 3.63) is 71.9 Å². The number of nitrogens with zero attached hydrogens (tertiary/aromatic N) is 1.